The fourth-order valence-electron chi connectivity index (χ4n) is 7.01. The highest BCUT2D eigenvalue weighted by Gasteiger charge is 2.75. The molecule has 6 rings (SSSR count). The largest absolute Gasteiger partial charge is 0.502 e. The number of amides is 2. The van der Waals surface area contributed by atoms with E-state index < -0.39 is 28.7 Å². The maximum atomic E-state index is 13.7. The van der Waals surface area contributed by atoms with E-state index in [-0.39, 0.29) is 34.1 Å². The van der Waals surface area contributed by atoms with Crippen LogP contribution in [-0.2, 0) is 18.6 Å². The zero-order chi connectivity index (χ0) is 24.9. The molecule has 2 fully saturated rings. The molecule has 4 aliphatic rings. The molecule has 3 heterocycles. The Kier molecular flexibility index (Phi) is 4.90. The van der Waals surface area contributed by atoms with Crippen molar-refractivity contribution in [1.82, 2.24) is 14.4 Å². The zero-order valence-electron chi connectivity index (χ0n) is 19.4. The lowest BCUT2D eigenvalue weighted by molar-refractivity contribution is 0.0146. The van der Waals surface area contributed by atoms with E-state index >= 15 is 0 Å². The number of rotatable bonds is 4. The van der Waals surface area contributed by atoms with Crippen molar-refractivity contribution >= 4 is 35.2 Å². The predicted molar refractivity (Wildman–Crippen MR) is 130 cm³/mol. The number of carbonyl (C=O) groups is 2. The number of fused-ring (bicyclic) bond motifs is 6. The lowest BCUT2D eigenvalue weighted by Crippen LogP contribution is -2.54. The summed E-state index contributed by atoms with van der Waals surface area (Å²) in [6, 6.07) is 4.24. The van der Waals surface area contributed by atoms with Crippen molar-refractivity contribution in [3.63, 3.8) is 0 Å². The summed E-state index contributed by atoms with van der Waals surface area (Å²) in [6.45, 7) is 0.445. The number of pyridine rings is 1. The van der Waals surface area contributed by atoms with Crippen molar-refractivity contribution in [3.05, 3.63) is 61.8 Å². The minimum atomic E-state index is -0.804. The van der Waals surface area contributed by atoms with Crippen LogP contribution in [0.2, 0.25) is 5.02 Å². The first kappa shape index (κ1) is 22.9. The molecule has 1 aromatic carbocycles. The fraction of sp³-hybridized carbons (Fsp3) is 0.480. The van der Waals surface area contributed by atoms with Gasteiger partial charge in [0.25, 0.3) is 17.4 Å². The van der Waals surface area contributed by atoms with Crippen molar-refractivity contribution in [2.75, 3.05) is 25.6 Å². The molecule has 184 valence electrons. The summed E-state index contributed by atoms with van der Waals surface area (Å²) in [5.74, 6) is -0.658. The summed E-state index contributed by atoms with van der Waals surface area (Å²) in [4.78, 5) is 44.0. The van der Waals surface area contributed by atoms with Crippen molar-refractivity contribution in [3.8, 4) is 5.75 Å². The van der Waals surface area contributed by atoms with Gasteiger partial charge in [-0.3, -0.25) is 19.0 Å². The van der Waals surface area contributed by atoms with Crippen molar-refractivity contribution in [2.24, 2.45) is 11.3 Å². The van der Waals surface area contributed by atoms with Crippen LogP contribution in [0.25, 0.3) is 0 Å². The molecule has 0 saturated heterocycles. The number of carbonyl (C=O) groups excluding carboxylic acids is 2. The number of benzene rings is 1. The minimum Gasteiger partial charge on any atom is -0.502 e. The Labute approximate surface area is 210 Å². The SMILES string of the molecule is CSCC12CC1CCC21N(C)C(=O)c2c3c(c(O)c(=O)n21)C(=O)N(Cc1ccc(F)c(Cl)c1)CC3. The van der Waals surface area contributed by atoms with Gasteiger partial charge in [0.2, 0.25) is 0 Å². The summed E-state index contributed by atoms with van der Waals surface area (Å²) in [5, 5.41) is 11.0. The molecule has 3 unspecified atom stereocenters. The minimum absolute atomic E-state index is 0.0423. The molecule has 1 N–H and O–H groups in total. The first-order valence-corrected chi connectivity index (χ1v) is 13.5. The maximum Gasteiger partial charge on any atom is 0.296 e. The molecule has 3 atom stereocenters. The molecular formula is C25H25ClFN3O4S. The number of halogens is 2. The number of thioether (sulfide) groups is 1. The van der Waals surface area contributed by atoms with Gasteiger partial charge in [0.1, 0.15) is 17.2 Å². The van der Waals surface area contributed by atoms with E-state index in [2.05, 4.69) is 0 Å². The predicted octanol–water partition coefficient (Wildman–Crippen LogP) is 3.45. The van der Waals surface area contributed by atoms with E-state index in [0.717, 1.165) is 18.6 Å². The maximum absolute atomic E-state index is 13.7. The second-order valence-corrected chi connectivity index (χ2v) is 11.4. The molecule has 1 aromatic heterocycles. The van der Waals surface area contributed by atoms with Gasteiger partial charge in [-0.2, -0.15) is 11.8 Å². The van der Waals surface area contributed by atoms with Gasteiger partial charge < -0.3 is 14.9 Å². The van der Waals surface area contributed by atoms with Gasteiger partial charge in [-0.05, 0) is 55.6 Å². The number of aromatic hydroxyl groups is 1. The summed E-state index contributed by atoms with van der Waals surface area (Å²) < 4.78 is 15.1. The average molecular weight is 518 g/mol. The van der Waals surface area contributed by atoms with E-state index in [0.29, 0.717) is 36.4 Å². The van der Waals surface area contributed by atoms with Crippen LogP contribution in [0.4, 0.5) is 4.39 Å². The van der Waals surface area contributed by atoms with E-state index in [4.69, 9.17) is 11.6 Å². The van der Waals surface area contributed by atoms with Crippen molar-refractivity contribution < 1.29 is 19.1 Å². The Morgan fingerprint density at radius 3 is 2.71 bits per heavy atom. The molecule has 10 heteroatoms. The Morgan fingerprint density at radius 2 is 2.03 bits per heavy atom. The van der Waals surface area contributed by atoms with Gasteiger partial charge >= 0.3 is 0 Å². The van der Waals surface area contributed by atoms with Gasteiger partial charge in [-0.25, -0.2) is 4.39 Å². The Morgan fingerprint density at radius 1 is 1.26 bits per heavy atom. The molecule has 0 radical (unpaired) electrons. The monoisotopic (exact) mass is 517 g/mol. The molecule has 2 saturated carbocycles. The van der Waals surface area contributed by atoms with Crippen LogP contribution in [-0.4, -0.2) is 56.9 Å². The normalized spacial score (nSPS) is 28.5. The van der Waals surface area contributed by atoms with Gasteiger partial charge in [0, 0.05) is 36.9 Å². The lowest BCUT2D eigenvalue weighted by atomic mass is 9.90. The van der Waals surface area contributed by atoms with E-state index in [1.54, 1.807) is 29.8 Å². The van der Waals surface area contributed by atoms with E-state index in [1.807, 2.05) is 6.26 Å². The molecule has 2 amide bonds. The van der Waals surface area contributed by atoms with Gasteiger partial charge in [-0.15, -0.1) is 0 Å². The molecule has 2 aromatic rings. The Hall–Kier alpha value is -2.52. The molecule has 2 aliphatic carbocycles. The second kappa shape index (κ2) is 7.49. The fourth-order valence-corrected chi connectivity index (χ4v) is 8.32. The smallest absolute Gasteiger partial charge is 0.296 e. The van der Waals surface area contributed by atoms with Crippen LogP contribution >= 0.6 is 23.4 Å². The van der Waals surface area contributed by atoms with E-state index in [9.17, 15) is 23.9 Å². The molecule has 35 heavy (non-hydrogen) atoms. The Bertz CT molecular complexity index is 1380. The van der Waals surface area contributed by atoms with Crippen LogP contribution < -0.4 is 5.56 Å². The number of hydrogen-bond donors (Lipinski definition) is 1. The highest BCUT2D eigenvalue weighted by atomic mass is 35.5. The van der Waals surface area contributed by atoms with Crippen LogP contribution in [0, 0.1) is 17.2 Å². The van der Waals surface area contributed by atoms with Gasteiger partial charge in [0.15, 0.2) is 5.75 Å². The molecule has 7 nitrogen and oxygen atoms in total. The van der Waals surface area contributed by atoms with Crippen LogP contribution in [0.5, 0.6) is 5.75 Å². The third-order valence-corrected chi connectivity index (χ3v) is 9.74. The topological polar surface area (TPSA) is 82.9 Å². The third kappa shape index (κ3) is 2.76. The molecular weight excluding hydrogens is 493 g/mol. The first-order chi connectivity index (χ1) is 16.7. The number of aromatic nitrogens is 1. The quantitative estimate of drug-likeness (QED) is 0.671. The molecule has 1 spiro atoms. The zero-order valence-corrected chi connectivity index (χ0v) is 21.0. The van der Waals surface area contributed by atoms with Crippen molar-refractivity contribution in [1.29, 1.82) is 0 Å². The summed E-state index contributed by atoms with van der Waals surface area (Å²) in [6.07, 6.45) is 4.89. The van der Waals surface area contributed by atoms with Gasteiger partial charge in [-0.1, -0.05) is 17.7 Å². The third-order valence-electron chi connectivity index (χ3n) is 8.65. The number of hydrogen-bond acceptors (Lipinski definition) is 5. The summed E-state index contributed by atoms with van der Waals surface area (Å²) in [5.41, 5.74) is -0.451. The highest BCUT2D eigenvalue weighted by Crippen LogP contribution is 2.73. The van der Waals surface area contributed by atoms with Crippen molar-refractivity contribution in [2.45, 2.75) is 37.9 Å². The van der Waals surface area contributed by atoms with E-state index in [1.165, 1.54) is 21.6 Å². The Balaban J connectivity index is 1.46. The standard InChI is InChI=1S/C25H25ClFN3O4S/c1-28-22(33)19-15-6-8-29(11-13-3-4-17(27)16(26)9-13)21(32)18(15)20(31)23(34)30(19)25(28)7-5-14-10-24(14,25)12-35-2/h3-4,9,14,31H,5-8,10-12H2,1-2H3. The molecule has 0 bridgehead atoms. The van der Waals surface area contributed by atoms with Crippen LogP contribution in [0.3, 0.4) is 0 Å². The van der Waals surface area contributed by atoms with Crippen LogP contribution in [0.15, 0.2) is 23.0 Å². The highest BCUT2D eigenvalue weighted by molar-refractivity contribution is 7.98. The average Bonchev–Trinajstić information content (AvgIpc) is 3.38. The van der Waals surface area contributed by atoms with Crippen LogP contribution in [0.1, 0.15) is 51.2 Å². The van der Waals surface area contributed by atoms with Gasteiger partial charge in [0.05, 0.1) is 10.6 Å². The molecule has 2 aliphatic heterocycles. The summed E-state index contributed by atoms with van der Waals surface area (Å²) in [7, 11) is 1.75. The first-order valence-electron chi connectivity index (χ1n) is 11.7. The second-order valence-electron chi connectivity index (χ2n) is 10.1. The summed E-state index contributed by atoms with van der Waals surface area (Å²) >= 11 is 7.60. The lowest BCUT2D eigenvalue weighted by Gasteiger charge is -2.42. The number of nitrogens with zero attached hydrogens (tertiary/aromatic N) is 3.